The molecule has 0 amide bonds. The van der Waals surface area contributed by atoms with Crippen molar-refractivity contribution >= 4 is 23.5 Å². The summed E-state index contributed by atoms with van der Waals surface area (Å²) >= 11 is 4.14. The van der Waals surface area contributed by atoms with Crippen molar-refractivity contribution < 1.29 is 4.39 Å². The molecule has 0 bridgehead atoms. The first-order chi connectivity index (χ1) is 9.20. The molecule has 4 heteroatoms. The highest BCUT2D eigenvalue weighted by molar-refractivity contribution is 8.06. The van der Waals surface area contributed by atoms with Crippen molar-refractivity contribution in [1.29, 1.82) is 0 Å². The topological polar surface area (TPSA) is 12.0 Å². The average Bonchev–Trinajstić information content (AvgIpc) is 2.42. The minimum absolute atomic E-state index is 0.135. The average molecular weight is 299 g/mol. The maximum atomic E-state index is 13.2. The second-order valence-electron chi connectivity index (χ2n) is 4.92. The van der Waals surface area contributed by atoms with Crippen LogP contribution in [0.3, 0.4) is 0 Å². The van der Waals surface area contributed by atoms with Gasteiger partial charge < -0.3 is 5.32 Å². The maximum Gasteiger partial charge on any atom is 0.123 e. The lowest BCUT2D eigenvalue weighted by molar-refractivity contribution is 0.520. The minimum atomic E-state index is -0.135. The summed E-state index contributed by atoms with van der Waals surface area (Å²) in [5.74, 6) is 3.61. The molecule has 1 aromatic carbocycles. The summed E-state index contributed by atoms with van der Waals surface area (Å²) < 4.78 is 13.2. The van der Waals surface area contributed by atoms with Crippen LogP contribution in [0.15, 0.2) is 18.2 Å². The summed E-state index contributed by atoms with van der Waals surface area (Å²) in [5, 5.41) is 4.28. The van der Waals surface area contributed by atoms with Crippen LogP contribution in [0.1, 0.15) is 18.1 Å². The molecule has 1 heterocycles. The summed E-state index contributed by atoms with van der Waals surface area (Å²) in [4.78, 5) is 0. The van der Waals surface area contributed by atoms with E-state index in [1.165, 1.54) is 22.8 Å². The van der Waals surface area contributed by atoms with Crippen molar-refractivity contribution in [3.05, 3.63) is 35.1 Å². The Balaban J connectivity index is 2.06. The van der Waals surface area contributed by atoms with Gasteiger partial charge in [0.15, 0.2) is 0 Å². The van der Waals surface area contributed by atoms with Gasteiger partial charge in [-0.1, -0.05) is 13.0 Å². The summed E-state index contributed by atoms with van der Waals surface area (Å²) in [6, 6.07) is 5.65. The van der Waals surface area contributed by atoms with Crippen molar-refractivity contribution in [3.8, 4) is 0 Å². The Morgan fingerprint density at radius 2 is 2.26 bits per heavy atom. The summed E-state index contributed by atoms with van der Waals surface area (Å²) in [6.07, 6.45) is 0.998. The van der Waals surface area contributed by atoms with Gasteiger partial charge in [-0.05, 0) is 43.1 Å². The lowest BCUT2D eigenvalue weighted by Gasteiger charge is -2.30. The third-order valence-electron chi connectivity index (χ3n) is 3.50. The standard InChI is InChI=1S/C15H22FNS2/c1-3-17-14(15-10-18-6-7-19-15)9-12-4-5-13(16)8-11(12)2/h4-5,8,14-15,17H,3,6-7,9-10H2,1-2H3. The first-order valence-corrected chi connectivity index (χ1v) is 9.08. The fourth-order valence-corrected chi connectivity index (χ4v) is 5.35. The second kappa shape index (κ2) is 7.55. The zero-order valence-corrected chi connectivity index (χ0v) is 13.2. The van der Waals surface area contributed by atoms with Crippen LogP contribution >= 0.6 is 23.5 Å². The van der Waals surface area contributed by atoms with Gasteiger partial charge in [0.25, 0.3) is 0 Å². The molecule has 19 heavy (non-hydrogen) atoms. The molecule has 1 saturated heterocycles. The van der Waals surface area contributed by atoms with E-state index in [-0.39, 0.29) is 5.82 Å². The quantitative estimate of drug-likeness (QED) is 0.893. The predicted molar refractivity (Wildman–Crippen MR) is 85.9 cm³/mol. The van der Waals surface area contributed by atoms with Crippen LogP contribution in [0, 0.1) is 12.7 Å². The molecule has 1 fully saturated rings. The number of nitrogens with one attached hydrogen (secondary N) is 1. The zero-order valence-electron chi connectivity index (χ0n) is 11.6. The van der Waals surface area contributed by atoms with Crippen molar-refractivity contribution in [2.75, 3.05) is 23.8 Å². The molecule has 1 N–H and O–H groups in total. The molecule has 0 aliphatic carbocycles. The molecule has 0 radical (unpaired) electrons. The van der Waals surface area contributed by atoms with E-state index in [0.717, 1.165) is 18.5 Å². The largest absolute Gasteiger partial charge is 0.313 e. The van der Waals surface area contributed by atoms with Gasteiger partial charge in [0.2, 0.25) is 0 Å². The van der Waals surface area contributed by atoms with Crippen molar-refractivity contribution in [2.45, 2.75) is 31.6 Å². The normalized spacial score (nSPS) is 21.3. The molecule has 0 saturated carbocycles. The molecule has 106 valence electrons. The number of aryl methyl sites for hydroxylation is 1. The molecule has 1 nitrogen and oxygen atoms in total. The fourth-order valence-electron chi connectivity index (χ4n) is 2.46. The summed E-state index contributed by atoms with van der Waals surface area (Å²) in [5.41, 5.74) is 2.33. The Labute approximate surface area is 124 Å². The van der Waals surface area contributed by atoms with Crippen LogP contribution in [0.4, 0.5) is 4.39 Å². The molecule has 1 aliphatic heterocycles. The molecular weight excluding hydrogens is 277 g/mol. The smallest absolute Gasteiger partial charge is 0.123 e. The highest BCUT2D eigenvalue weighted by Gasteiger charge is 2.24. The van der Waals surface area contributed by atoms with E-state index in [4.69, 9.17) is 0 Å². The first-order valence-electron chi connectivity index (χ1n) is 6.88. The lowest BCUT2D eigenvalue weighted by atomic mass is 9.99. The van der Waals surface area contributed by atoms with Crippen molar-refractivity contribution in [2.24, 2.45) is 0 Å². The molecular formula is C15H22FNS2. The van der Waals surface area contributed by atoms with E-state index in [1.54, 1.807) is 12.1 Å². The Bertz CT molecular complexity index is 405. The SMILES string of the molecule is CCNC(Cc1ccc(F)cc1C)C1CSCCS1. The van der Waals surface area contributed by atoms with Gasteiger partial charge in [-0.15, -0.1) is 0 Å². The van der Waals surface area contributed by atoms with Crippen LogP contribution in [-0.2, 0) is 6.42 Å². The monoisotopic (exact) mass is 299 g/mol. The van der Waals surface area contributed by atoms with Crippen LogP contribution in [0.5, 0.6) is 0 Å². The van der Waals surface area contributed by atoms with Crippen LogP contribution in [0.2, 0.25) is 0 Å². The molecule has 0 aromatic heterocycles. The highest BCUT2D eigenvalue weighted by atomic mass is 32.2. The van der Waals surface area contributed by atoms with E-state index >= 15 is 0 Å². The Hall–Kier alpha value is -0.190. The van der Waals surface area contributed by atoms with Gasteiger partial charge in [0.1, 0.15) is 5.82 Å². The maximum absolute atomic E-state index is 13.2. The number of hydrogen-bond donors (Lipinski definition) is 1. The second-order valence-corrected chi connectivity index (χ2v) is 7.42. The molecule has 0 spiro atoms. The van der Waals surface area contributed by atoms with Gasteiger partial charge >= 0.3 is 0 Å². The van der Waals surface area contributed by atoms with Gasteiger partial charge in [0.05, 0.1) is 0 Å². The predicted octanol–water partition coefficient (Wildman–Crippen LogP) is 3.50. The van der Waals surface area contributed by atoms with Gasteiger partial charge in [-0.2, -0.15) is 23.5 Å². The molecule has 2 rings (SSSR count). The lowest BCUT2D eigenvalue weighted by Crippen LogP contribution is -2.42. The summed E-state index contributed by atoms with van der Waals surface area (Å²) in [7, 11) is 0. The van der Waals surface area contributed by atoms with E-state index in [1.807, 2.05) is 13.0 Å². The minimum Gasteiger partial charge on any atom is -0.313 e. The van der Waals surface area contributed by atoms with E-state index in [9.17, 15) is 4.39 Å². The van der Waals surface area contributed by atoms with E-state index in [2.05, 4.69) is 35.8 Å². The number of hydrogen-bond acceptors (Lipinski definition) is 3. The number of rotatable bonds is 5. The third kappa shape index (κ3) is 4.40. The Kier molecular flexibility index (Phi) is 6.05. The molecule has 1 aromatic rings. The number of benzene rings is 1. The Morgan fingerprint density at radius 3 is 2.89 bits per heavy atom. The summed E-state index contributed by atoms with van der Waals surface area (Å²) in [6.45, 7) is 5.15. The molecule has 2 unspecified atom stereocenters. The zero-order chi connectivity index (χ0) is 13.7. The molecule has 1 aliphatic rings. The van der Waals surface area contributed by atoms with Crippen LogP contribution in [-0.4, -0.2) is 35.1 Å². The van der Waals surface area contributed by atoms with E-state index < -0.39 is 0 Å². The number of likely N-dealkylation sites (N-methyl/N-ethyl adjacent to an activating group) is 1. The third-order valence-corrected chi connectivity index (χ3v) is 6.42. The van der Waals surface area contributed by atoms with Gasteiger partial charge in [-0.25, -0.2) is 4.39 Å². The van der Waals surface area contributed by atoms with Gasteiger partial charge in [0, 0.05) is 28.6 Å². The fraction of sp³-hybridized carbons (Fsp3) is 0.600. The van der Waals surface area contributed by atoms with Crippen LogP contribution in [0.25, 0.3) is 0 Å². The number of halogens is 1. The molecule has 2 atom stereocenters. The van der Waals surface area contributed by atoms with Crippen molar-refractivity contribution in [3.63, 3.8) is 0 Å². The van der Waals surface area contributed by atoms with Gasteiger partial charge in [-0.3, -0.25) is 0 Å². The van der Waals surface area contributed by atoms with Crippen LogP contribution < -0.4 is 5.32 Å². The van der Waals surface area contributed by atoms with Crippen molar-refractivity contribution in [1.82, 2.24) is 5.32 Å². The van der Waals surface area contributed by atoms with E-state index in [0.29, 0.717) is 11.3 Å². The number of thioether (sulfide) groups is 2. The Morgan fingerprint density at radius 1 is 1.42 bits per heavy atom. The highest BCUT2D eigenvalue weighted by Crippen LogP contribution is 2.28. The first kappa shape index (κ1) is 15.2.